The van der Waals surface area contributed by atoms with Crippen LogP contribution in [0.5, 0.6) is 0 Å². The van der Waals surface area contributed by atoms with Gasteiger partial charge in [0, 0.05) is 25.3 Å². The first kappa shape index (κ1) is 12.1. The van der Waals surface area contributed by atoms with Crippen molar-refractivity contribution < 1.29 is 4.74 Å². The Bertz CT molecular complexity index is 568. The Morgan fingerprint density at radius 2 is 2.21 bits per heavy atom. The molecule has 0 spiro atoms. The largest absolute Gasteiger partial charge is 0.383 e. The smallest absolute Gasteiger partial charge is 0.250 e. The molecular weight excluding hydrogens is 242 g/mol. The fourth-order valence-electron chi connectivity index (χ4n) is 2.53. The molecule has 2 aromatic rings. The summed E-state index contributed by atoms with van der Waals surface area (Å²) < 4.78 is 6.88. The summed E-state index contributed by atoms with van der Waals surface area (Å²) >= 11 is 0. The minimum Gasteiger partial charge on any atom is -0.383 e. The van der Waals surface area contributed by atoms with E-state index in [1.807, 2.05) is 6.07 Å². The molecule has 0 bridgehead atoms. The molecule has 0 saturated carbocycles. The minimum absolute atomic E-state index is 0.490. The highest BCUT2D eigenvalue weighted by Gasteiger charge is 2.29. The Labute approximate surface area is 112 Å². The van der Waals surface area contributed by atoms with Gasteiger partial charge in [0.05, 0.1) is 13.2 Å². The summed E-state index contributed by atoms with van der Waals surface area (Å²) in [6, 6.07) is 8.41. The number of anilines is 2. The van der Waals surface area contributed by atoms with Crippen molar-refractivity contribution in [3.05, 3.63) is 29.8 Å². The minimum atomic E-state index is 0.490. The summed E-state index contributed by atoms with van der Waals surface area (Å²) in [5.41, 5.74) is 2.55. The van der Waals surface area contributed by atoms with Crippen LogP contribution in [0.4, 0.5) is 11.6 Å². The highest BCUT2D eigenvalue weighted by atomic mass is 16.5. The van der Waals surface area contributed by atoms with E-state index in [0.717, 1.165) is 12.5 Å². The van der Waals surface area contributed by atoms with Gasteiger partial charge in [0.15, 0.2) is 0 Å². The lowest BCUT2D eigenvalue weighted by atomic mass is 10.0. The van der Waals surface area contributed by atoms with Crippen molar-refractivity contribution in [2.45, 2.75) is 19.4 Å². The molecule has 6 heteroatoms. The standard InChI is InChI=1S/C13H17N5O/c1-10-9-17(12-6-4-3-5-11(10)12)13-14-15-16-18(13)7-8-19-2/h3-6,10H,7-9H2,1-2H3. The summed E-state index contributed by atoms with van der Waals surface area (Å²) in [5, 5.41) is 12.0. The summed E-state index contributed by atoms with van der Waals surface area (Å²) in [6.07, 6.45) is 0. The van der Waals surface area contributed by atoms with Gasteiger partial charge < -0.3 is 9.64 Å². The van der Waals surface area contributed by atoms with Gasteiger partial charge in [-0.05, 0) is 22.1 Å². The zero-order chi connectivity index (χ0) is 13.2. The monoisotopic (exact) mass is 259 g/mol. The Morgan fingerprint density at radius 1 is 1.37 bits per heavy atom. The van der Waals surface area contributed by atoms with Crippen LogP contribution in [0.15, 0.2) is 24.3 Å². The average Bonchev–Trinajstić information content (AvgIpc) is 3.02. The molecular formula is C13H17N5O. The van der Waals surface area contributed by atoms with E-state index in [4.69, 9.17) is 4.74 Å². The van der Waals surface area contributed by atoms with Gasteiger partial charge in [-0.2, -0.15) is 0 Å². The van der Waals surface area contributed by atoms with Gasteiger partial charge in [0.2, 0.25) is 5.95 Å². The van der Waals surface area contributed by atoms with Crippen molar-refractivity contribution in [1.29, 1.82) is 0 Å². The Kier molecular flexibility index (Phi) is 3.16. The van der Waals surface area contributed by atoms with Crippen molar-refractivity contribution in [2.24, 2.45) is 0 Å². The molecule has 6 nitrogen and oxygen atoms in total. The maximum absolute atomic E-state index is 5.09. The topological polar surface area (TPSA) is 56.1 Å². The van der Waals surface area contributed by atoms with E-state index in [-0.39, 0.29) is 0 Å². The van der Waals surface area contributed by atoms with E-state index in [1.165, 1.54) is 11.3 Å². The van der Waals surface area contributed by atoms with Crippen LogP contribution in [0.1, 0.15) is 18.4 Å². The van der Waals surface area contributed by atoms with Crippen molar-refractivity contribution in [2.75, 3.05) is 25.2 Å². The Balaban J connectivity index is 1.94. The first-order valence-electron chi connectivity index (χ1n) is 6.43. The van der Waals surface area contributed by atoms with Gasteiger partial charge in [-0.3, -0.25) is 0 Å². The van der Waals surface area contributed by atoms with Crippen LogP contribution in [0.2, 0.25) is 0 Å². The van der Waals surface area contributed by atoms with Crippen LogP contribution >= 0.6 is 0 Å². The molecule has 0 amide bonds. The number of aromatic nitrogens is 4. The molecule has 1 aromatic carbocycles. The molecule has 0 aliphatic carbocycles. The average molecular weight is 259 g/mol. The SMILES string of the molecule is COCCn1nnnc1N1CC(C)c2ccccc21. The van der Waals surface area contributed by atoms with Crippen LogP contribution in [0.3, 0.4) is 0 Å². The molecule has 19 heavy (non-hydrogen) atoms. The number of methoxy groups -OCH3 is 1. The first-order valence-corrected chi connectivity index (χ1v) is 6.43. The van der Waals surface area contributed by atoms with E-state index in [2.05, 4.69) is 45.5 Å². The predicted molar refractivity (Wildman–Crippen MR) is 71.6 cm³/mol. The van der Waals surface area contributed by atoms with Crippen molar-refractivity contribution >= 4 is 11.6 Å². The van der Waals surface area contributed by atoms with Crippen molar-refractivity contribution in [1.82, 2.24) is 20.2 Å². The number of rotatable bonds is 4. The van der Waals surface area contributed by atoms with Crippen LogP contribution < -0.4 is 4.90 Å². The van der Waals surface area contributed by atoms with E-state index in [1.54, 1.807) is 11.8 Å². The quantitative estimate of drug-likeness (QED) is 0.834. The van der Waals surface area contributed by atoms with Crippen molar-refractivity contribution in [3.8, 4) is 0 Å². The number of para-hydroxylation sites is 1. The highest BCUT2D eigenvalue weighted by molar-refractivity contribution is 5.67. The molecule has 1 unspecified atom stereocenters. The van der Waals surface area contributed by atoms with Crippen LogP contribution in [0, 0.1) is 0 Å². The first-order chi connectivity index (χ1) is 9.31. The lowest BCUT2D eigenvalue weighted by Crippen LogP contribution is -2.21. The van der Waals surface area contributed by atoms with Gasteiger partial charge >= 0.3 is 0 Å². The lowest BCUT2D eigenvalue weighted by molar-refractivity contribution is 0.183. The van der Waals surface area contributed by atoms with Crippen LogP contribution in [-0.2, 0) is 11.3 Å². The number of benzene rings is 1. The maximum Gasteiger partial charge on any atom is 0.250 e. The molecule has 1 aliphatic heterocycles. The third-order valence-electron chi connectivity index (χ3n) is 3.48. The second-order valence-corrected chi connectivity index (χ2v) is 4.77. The normalized spacial score (nSPS) is 17.8. The van der Waals surface area contributed by atoms with E-state index in [0.29, 0.717) is 19.1 Å². The zero-order valence-corrected chi connectivity index (χ0v) is 11.2. The molecule has 1 atom stereocenters. The molecule has 0 saturated heterocycles. The summed E-state index contributed by atoms with van der Waals surface area (Å²) in [5.74, 6) is 1.28. The van der Waals surface area contributed by atoms with Crippen molar-refractivity contribution in [3.63, 3.8) is 0 Å². The van der Waals surface area contributed by atoms with Gasteiger partial charge in [0.1, 0.15) is 0 Å². The fourth-order valence-corrected chi connectivity index (χ4v) is 2.53. The molecule has 0 radical (unpaired) electrons. The van der Waals surface area contributed by atoms with Crippen LogP contribution in [-0.4, -0.2) is 40.5 Å². The van der Waals surface area contributed by atoms with Gasteiger partial charge in [-0.15, -0.1) is 0 Å². The Hall–Kier alpha value is -1.95. The summed E-state index contributed by atoms with van der Waals surface area (Å²) in [6.45, 7) is 4.39. The number of hydrogen-bond acceptors (Lipinski definition) is 5. The summed E-state index contributed by atoms with van der Waals surface area (Å²) in [4.78, 5) is 2.18. The molecule has 0 N–H and O–H groups in total. The number of tetrazole rings is 1. The second-order valence-electron chi connectivity index (χ2n) is 4.77. The number of nitrogens with zero attached hydrogens (tertiary/aromatic N) is 5. The molecule has 1 aliphatic rings. The molecule has 0 fully saturated rings. The Morgan fingerprint density at radius 3 is 3.05 bits per heavy atom. The second kappa shape index (κ2) is 4.97. The van der Waals surface area contributed by atoms with Gasteiger partial charge in [0.25, 0.3) is 0 Å². The lowest BCUT2D eigenvalue weighted by Gasteiger charge is -2.17. The number of hydrogen-bond donors (Lipinski definition) is 0. The maximum atomic E-state index is 5.09. The summed E-state index contributed by atoms with van der Waals surface area (Å²) in [7, 11) is 1.68. The predicted octanol–water partition coefficient (Wildman–Crippen LogP) is 1.57. The van der Waals surface area contributed by atoms with Gasteiger partial charge in [-0.25, -0.2) is 4.68 Å². The van der Waals surface area contributed by atoms with E-state index < -0.39 is 0 Å². The highest BCUT2D eigenvalue weighted by Crippen LogP contribution is 2.39. The molecule has 1 aromatic heterocycles. The molecule has 2 heterocycles. The van der Waals surface area contributed by atoms with Crippen LogP contribution in [0.25, 0.3) is 0 Å². The molecule has 3 rings (SSSR count). The van der Waals surface area contributed by atoms with Gasteiger partial charge in [-0.1, -0.05) is 30.2 Å². The molecule has 100 valence electrons. The van der Waals surface area contributed by atoms with E-state index >= 15 is 0 Å². The fraction of sp³-hybridized carbons (Fsp3) is 0.462. The third kappa shape index (κ3) is 2.08. The van der Waals surface area contributed by atoms with E-state index in [9.17, 15) is 0 Å². The number of fused-ring (bicyclic) bond motifs is 1. The zero-order valence-electron chi connectivity index (χ0n) is 11.2. The third-order valence-corrected chi connectivity index (χ3v) is 3.48. The number of ether oxygens (including phenoxy) is 1.